The first-order valence-electron chi connectivity index (χ1n) is 10.9. The highest BCUT2D eigenvalue weighted by atomic mass is 32.1. The fourth-order valence-electron chi connectivity index (χ4n) is 4.35. The molecule has 2 N–H and O–H groups in total. The Morgan fingerprint density at radius 3 is 2.88 bits per heavy atom. The lowest BCUT2D eigenvalue weighted by Crippen LogP contribution is -2.39. The minimum atomic E-state index is -0.0602. The number of hydrogen-bond donors (Lipinski definition) is 2. The maximum atomic E-state index is 13.0. The van der Waals surface area contributed by atoms with Crippen molar-refractivity contribution in [3.05, 3.63) is 44.6 Å². The van der Waals surface area contributed by atoms with Gasteiger partial charge < -0.3 is 20.1 Å². The lowest BCUT2D eigenvalue weighted by Gasteiger charge is -2.27. The number of hydrogen-bond acceptors (Lipinski definition) is 8. The molecule has 0 aliphatic heterocycles. The summed E-state index contributed by atoms with van der Waals surface area (Å²) in [4.78, 5) is 42.6. The number of carbonyl (C=O) groups excluding carboxylic acids is 1. The lowest BCUT2D eigenvalue weighted by molar-refractivity contribution is -0.134. The van der Waals surface area contributed by atoms with Gasteiger partial charge in [-0.2, -0.15) is 0 Å². The number of nitrogens with zero attached hydrogens (tertiary/aromatic N) is 4. The van der Waals surface area contributed by atoms with Gasteiger partial charge in [-0.05, 0) is 57.1 Å². The topological polar surface area (TPSA) is 94.2 Å². The largest absolute Gasteiger partial charge is 0.344 e. The highest BCUT2D eigenvalue weighted by Crippen LogP contribution is 2.40. The SMILES string of the molecule is CN(C)CCN(C)C(=O)[C@@H]1CCc2c(sc3ncnc(Nc4ccc5[nH]c(=O)sc5c4)c23)C1. The molecule has 33 heavy (non-hydrogen) atoms. The standard InChI is InChI=1S/C23H26N6O2S2/c1-28(2)8-9-29(3)22(30)13-4-6-15-17(10-13)32-21-19(15)20(24-12-25-21)26-14-5-7-16-18(11-14)33-23(31)27-16/h5,7,11-13H,4,6,8-10H2,1-3H3,(H,27,31)(H,24,25,26)/t13-/m1/s1. The van der Waals surface area contributed by atoms with Gasteiger partial charge in [-0.1, -0.05) is 11.3 Å². The third-order valence-corrected chi connectivity index (χ3v) is 8.14. The van der Waals surface area contributed by atoms with E-state index in [1.807, 2.05) is 44.2 Å². The molecule has 1 amide bonds. The third-order valence-electron chi connectivity index (χ3n) is 6.14. The molecule has 172 valence electrons. The number of benzene rings is 1. The van der Waals surface area contributed by atoms with E-state index in [9.17, 15) is 9.59 Å². The van der Waals surface area contributed by atoms with Crippen molar-refractivity contribution >= 4 is 60.5 Å². The summed E-state index contributed by atoms with van der Waals surface area (Å²) < 4.78 is 0.905. The van der Waals surface area contributed by atoms with Gasteiger partial charge in [0.2, 0.25) is 5.91 Å². The fourth-order valence-corrected chi connectivity index (χ4v) is 6.39. The molecule has 0 saturated carbocycles. The molecule has 3 aromatic heterocycles. The second-order valence-corrected chi connectivity index (χ2v) is 10.9. The summed E-state index contributed by atoms with van der Waals surface area (Å²) in [5.74, 6) is 1.01. The van der Waals surface area contributed by atoms with Gasteiger partial charge in [-0.15, -0.1) is 11.3 Å². The second-order valence-electron chi connectivity index (χ2n) is 8.76. The lowest BCUT2D eigenvalue weighted by atomic mass is 9.87. The van der Waals surface area contributed by atoms with E-state index >= 15 is 0 Å². The number of rotatable bonds is 6. The van der Waals surface area contributed by atoms with Crippen molar-refractivity contribution in [3.63, 3.8) is 0 Å². The van der Waals surface area contributed by atoms with E-state index in [1.54, 1.807) is 17.7 Å². The molecular weight excluding hydrogens is 456 g/mol. The normalized spacial score (nSPS) is 15.8. The van der Waals surface area contributed by atoms with Crippen molar-refractivity contribution in [1.82, 2.24) is 24.8 Å². The quantitative estimate of drug-likeness (QED) is 0.437. The zero-order chi connectivity index (χ0) is 23.1. The van der Waals surface area contributed by atoms with E-state index < -0.39 is 0 Å². The molecule has 0 saturated heterocycles. The molecular formula is C23H26N6O2S2. The van der Waals surface area contributed by atoms with Gasteiger partial charge >= 0.3 is 4.87 Å². The molecule has 5 rings (SSSR count). The summed E-state index contributed by atoms with van der Waals surface area (Å²) in [5.41, 5.74) is 2.97. The molecule has 1 aromatic carbocycles. The number of H-pyrrole nitrogens is 1. The zero-order valence-electron chi connectivity index (χ0n) is 18.8. The minimum Gasteiger partial charge on any atom is -0.344 e. The predicted molar refractivity (Wildman–Crippen MR) is 135 cm³/mol. The number of thiophene rings is 1. The monoisotopic (exact) mass is 482 g/mol. The van der Waals surface area contributed by atoms with Crippen LogP contribution in [0.1, 0.15) is 16.9 Å². The third kappa shape index (κ3) is 4.38. The molecule has 3 heterocycles. The number of anilines is 2. The van der Waals surface area contributed by atoms with Crippen LogP contribution >= 0.6 is 22.7 Å². The Bertz CT molecular complexity index is 1390. The summed E-state index contributed by atoms with van der Waals surface area (Å²) in [6.07, 6.45) is 4.01. The van der Waals surface area contributed by atoms with E-state index in [0.29, 0.717) is 0 Å². The first-order chi connectivity index (χ1) is 15.9. The van der Waals surface area contributed by atoms with E-state index in [0.717, 1.165) is 64.3 Å². The van der Waals surface area contributed by atoms with Crippen LogP contribution in [0.4, 0.5) is 11.5 Å². The Kier molecular flexibility index (Phi) is 5.90. The van der Waals surface area contributed by atoms with Crippen molar-refractivity contribution in [3.8, 4) is 0 Å². The van der Waals surface area contributed by atoms with Gasteiger partial charge in [0.05, 0.1) is 15.6 Å². The molecule has 0 fully saturated rings. The number of likely N-dealkylation sites (N-methyl/N-ethyl adjacent to an activating group) is 2. The molecule has 10 heteroatoms. The zero-order valence-corrected chi connectivity index (χ0v) is 20.5. The van der Waals surface area contributed by atoms with Crippen LogP contribution in [0.5, 0.6) is 0 Å². The molecule has 0 radical (unpaired) electrons. The van der Waals surface area contributed by atoms with E-state index in [2.05, 4.69) is 25.2 Å². The number of aromatic nitrogens is 3. The van der Waals surface area contributed by atoms with Gasteiger partial charge in [-0.25, -0.2) is 9.97 Å². The van der Waals surface area contributed by atoms with E-state index in [4.69, 9.17) is 0 Å². The number of carbonyl (C=O) groups is 1. The van der Waals surface area contributed by atoms with Crippen LogP contribution in [0.15, 0.2) is 29.3 Å². The molecule has 0 unspecified atom stereocenters. The maximum Gasteiger partial charge on any atom is 0.305 e. The average molecular weight is 483 g/mol. The van der Waals surface area contributed by atoms with Crippen molar-refractivity contribution in [1.29, 1.82) is 0 Å². The van der Waals surface area contributed by atoms with Crippen LogP contribution in [-0.2, 0) is 17.6 Å². The number of fused-ring (bicyclic) bond motifs is 4. The van der Waals surface area contributed by atoms with Crippen LogP contribution < -0.4 is 10.2 Å². The number of nitrogens with one attached hydrogen (secondary N) is 2. The van der Waals surface area contributed by atoms with Gasteiger partial charge in [0, 0.05) is 36.6 Å². The molecule has 8 nitrogen and oxygen atoms in total. The number of aromatic amines is 1. The number of amides is 1. The van der Waals surface area contributed by atoms with Crippen molar-refractivity contribution in [2.45, 2.75) is 19.3 Å². The van der Waals surface area contributed by atoms with Crippen molar-refractivity contribution < 1.29 is 4.79 Å². The summed E-state index contributed by atoms with van der Waals surface area (Å²) in [6, 6.07) is 5.80. The highest BCUT2D eigenvalue weighted by molar-refractivity contribution is 7.19. The summed E-state index contributed by atoms with van der Waals surface area (Å²) in [6.45, 7) is 1.60. The van der Waals surface area contributed by atoms with E-state index in [-0.39, 0.29) is 16.7 Å². The van der Waals surface area contributed by atoms with Gasteiger partial charge in [0.1, 0.15) is 17.0 Å². The minimum absolute atomic E-state index is 0.0147. The number of thiazole rings is 1. The summed E-state index contributed by atoms with van der Waals surface area (Å²) in [7, 11) is 5.94. The Hall–Kier alpha value is -2.82. The summed E-state index contributed by atoms with van der Waals surface area (Å²) >= 11 is 2.86. The highest BCUT2D eigenvalue weighted by Gasteiger charge is 2.30. The van der Waals surface area contributed by atoms with E-state index in [1.165, 1.54) is 21.8 Å². The maximum absolute atomic E-state index is 13.0. The van der Waals surface area contributed by atoms with Crippen LogP contribution in [0, 0.1) is 5.92 Å². The van der Waals surface area contributed by atoms with Crippen LogP contribution in [0.2, 0.25) is 0 Å². The molecule has 4 aromatic rings. The van der Waals surface area contributed by atoms with Crippen LogP contribution in [0.25, 0.3) is 20.4 Å². The molecule has 0 spiro atoms. The Morgan fingerprint density at radius 1 is 1.21 bits per heavy atom. The fraction of sp³-hybridized carbons (Fsp3) is 0.391. The van der Waals surface area contributed by atoms with Crippen LogP contribution in [-0.4, -0.2) is 64.9 Å². The van der Waals surface area contributed by atoms with Crippen molar-refractivity contribution in [2.24, 2.45) is 5.92 Å². The average Bonchev–Trinajstić information content (AvgIpc) is 3.35. The molecule has 0 bridgehead atoms. The first kappa shape index (κ1) is 22.0. The first-order valence-corrected chi connectivity index (χ1v) is 12.6. The Balaban J connectivity index is 1.40. The van der Waals surface area contributed by atoms with Crippen molar-refractivity contribution in [2.75, 3.05) is 39.5 Å². The van der Waals surface area contributed by atoms with Gasteiger partial charge in [0.15, 0.2) is 0 Å². The molecule has 1 aliphatic carbocycles. The molecule has 1 aliphatic rings. The van der Waals surface area contributed by atoms with Gasteiger partial charge in [0.25, 0.3) is 0 Å². The Morgan fingerprint density at radius 2 is 2.06 bits per heavy atom. The molecule has 1 atom stereocenters. The predicted octanol–water partition coefficient (Wildman–Crippen LogP) is 3.46. The smallest absolute Gasteiger partial charge is 0.305 e. The van der Waals surface area contributed by atoms with Gasteiger partial charge in [-0.3, -0.25) is 9.59 Å². The van der Waals surface area contributed by atoms with Crippen LogP contribution in [0.3, 0.4) is 0 Å². The Labute approximate surface area is 199 Å². The number of aryl methyl sites for hydroxylation is 1. The second kappa shape index (κ2) is 8.85. The summed E-state index contributed by atoms with van der Waals surface area (Å²) in [5, 5.41) is 4.48.